The fourth-order valence-electron chi connectivity index (χ4n) is 1.29. The number of rotatable bonds is 1. The standard InChI is InChI=1S/C10H11NO2/c1-10(7-11)6-4-3-5-8(10)9(12)13-2/h3-6,8H,1-2H3. The molecule has 0 spiro atoms. The summed E-state index contributed by atoms with van der Waals surface area (Å²) in [7, 11) is 1.33. The summed E-state index contributed by atoms with van der Waals surface area (Å²) in [6, 6.07) is 2.11. The molecule has 0 aromatic carbocycles. The molecule has 0 fully saturated rings. The molecule has 3 heteroatoms. The van der Waals surface area contributed by atoms with Gasteiger partial charge in [-0.15, -0.1) is 0 Å². The minimum atomic E-state index is -0.776. The highest BCUT2D eigenvalue weighted by Crippen LogP contribution is 2.33. The third kappa shape index (κ3) is 1.62. The van der Waals surface area contributed by atoms with Crippen LogP contribution in [0.1, 0.15) is 6.92 Å². The molecule has 0 N–H and O–H groups in total. The van der Waals surface area contributed by atoms with Gasteiger partial charge in [-0.2, -0.15) is 5.26 Å². The van der Waals surface area contributed by atoms with Crippen LogP contribution in [0.5, 0.6) is 0 Å². The van der Waals surface area contributed by atoms with Gasteiger partial charge >= 0.3 is 5.97 Å². The second-order valence-electron chi connectivity index (χ2n) is 3.14. The maximum atomic E-state index is 11.3. The third-order valence-corrected chi connectivity index (χ3v) is 2.20. The SMILES string of the molecule is COC(=O)C1C=CC=CC1(C)C#N. The van der Waals surface area contributed by atoms with Crippen molar-refractivity contribution in [1.29, 1.82) is 5.26 Å². The number of allylic oxidation sites excluding steroid dienone is 3. The zero-order valence-electron chi connectivity index (χ0n) is 7.65. The van der Waals surface area contributed by atoms with E-state index < -0.39 is 11.3 Å². The van der Waals surface area contributed by atoms with E-state index in [4.69, 9.17) is 5.26 Å². The van der Waals surface area contributed by atoms with E-state index in [1.165, 1.54) is 7.11 Å². The lowest BCUT2D eigenvalue weighted by atomic mass is 9.75. The predicted octanol–water partition coefficient (Wildman–Crippen LogP) is 1.43. The Balaban J connectivity index is 2.97. The van der Waals surface area contributed by atoms with Crippen LogP contribution in [-0.4, -0.2) is 13.1 Å². The van der Waals surface area contributed by atoms with Gasteiger partial charge in [0.25, 0.3) is 0 Å². The number of methoxy groups -OCH3 is 1. The molecular weight excluding hydrogens is 166 g/mol. The van der Waals surface area contributed by atoms with Crippen LogP contribution in [0.25, 0.3) is 0 Å². The van der Waals surface area contributed by atoms with E-state index in [0.29, 0.717) is 0 Å². The molecule has 1 rings (SSSR count). The molecule has 0 bridgehead atoms. The highest BCUT2D eigenvalue weighted by molar-refractivity contribution is 5.77. The minimum absolute atomic E-state index is 0.371. The van der Waals surface area contributed by atoms with E-state index in [9.17, 15) is 4.79 Å². The molecule has 0 amide bonds. The number of hydrogen-bond donors (Lipinski definition) is 0. The molecule has 68 valence electrons. The summed E-state index contributed by atoms with van der Waals surface area (Å²) < 4.78 is 4.61. The smallest absolute Gasteiger partial charge is 0.314 e. The van der Waals surface area contributed by atoms with Gasteiger partial charge in [0.1, 0.15) is 0 Å². The lowest BCUT2D eigenvalue weighted by Crippen LogP contribution is -2.31. The Bertz CT molecular complexity index is 311. The Morgan fingerprint density at radius 3 is 2.85 bits per heavy atom. The first kappa shape index (κ1) is 9.53. The first-order valence-corrected chi connectivity index (χ1v) is 3.99. The van der Waals surface area contributed by atoms with Crippen molar-refractivity contribution in [1.82, 2.24) is 0 Å². The molecule has 0 saturated heterocycles. The maximum Gasteiger partial charge on any atom is 0.314 e. The lowest BCUT2D eigenvalue weighted by Gasteiger charge is -2.25. The Morgan fingerprint density at radius 1 is 1.62 bits per heavy atom. The van der Waals surface area contributed by atoms with E-state index in [1.807, 2.05) is 0 Å². The third-order valence-electron chi connectivity index (χ3n) is 2.20. The fourth-order valence-corrected chi connectivity index (χ4v) is 1.29. The van der Waals surface area contributed by atoms with Crippen molar-refractivity contribution in [2.24, 2.45) is 11.3 Å². The molecule has 1 aliphatic carbocycles. The van der Waals surface area contributed by atoms with Crippen LogP contribution in [0.2, 0.25) is 0 Å². The Labute approximate surface area is 77.3 Å². The molecule has 0 aliphatic heterocycles. The van der Waals surface area contributed by atoms with Crippen LogP contribution in [0, 0.1) is 22.7 Å². The zero-order chi connectivity index (χ0) is 9.90. The highest BCUT2D eigenvalue weighted by atomic mass is 16.5. The van der Waals surface area contributed by atoms with Gasteiger partial charge in [-0.05, 0) is 6.92 Å². The molecule has 3 nitrogen and oxygen atoms in total. The van der Waals surface area contributed by atoms with Crippen LogP contribution in [-0.2, 0) is 9.53 Å². The van der Waals surface area contributed by atoms with Crippen LogP contribution >= 0.6 is 0 Å². The van der Waals surface area contributed by atoms with Gasteiger partial charge in [-0.3, -0.25) is 4.79 Å². The van der Waals surface area contributed by atoms with Gasteiger partial charge in [0.2, 0.25) is 0 Å². The monoisotopic (exact) mass is 177 g/mol. The number of carbonyl (C=O) groups excluding carboxylic acids is 1. The normalized spacial score (nSPS) is 31.0. The van der Waals surface area contributed by atoms with Gasteiger partial charge < -0.3 is 4.74 Å². The topological polar surface area (TPSA) is 50.1 Å². The van der Waals surface area contributed by atoms with Crippen molar-refractivity contribution in [2.75, 3.05) is 7.11 Å². The van der Waals surface area contributed by atoms with Crippen molar-refractivity contribution in [2.45, 2.75) is 6.92 Å². The largest absolute Gasteiger partial charge is 0.469 e. The van der Waals surface area contributed by atoms with Crippen LogP contribution < -0.4 is 0 Å². The molecule has 2 atom stereocenters. The molecule has 0 radical (unpaired) electrons. The molecule has 0 heterocycles. The van der Waals surface area contributed by atoms with Gasteiger partial charge in [-0.1, -0.05) is 24.3 Å². The molecule has 0 aromatic heterocycles. The summed E-state index contributed by atoms with van der Waals surface area (Å²) >= 11 is 0. The van der Waals surface area contributed by atoms with Crippen LogP contribution in [0.15, 0.2) is 24.3 Å². The second-order valence-corrected chi connectivity index (χ2v) is 3.14. The fraction of sp³-hybridized carbons (Fsp3) is 0.400. The minimum Gasteiger partial charge on any atom is -0.469 e. The number of esters is 1. The molecule has 0 aromatic rings. The van der Waals surface area contributed by atoms with Gasteiger partial charge in [0.05, 0.1) is 24.5 Å². The molecular formula is C10H11NO2. The van der Waals surface area contributed by atoms with E-state index in [2.05, 4.69) is 10.8 Å². The number of ether oxygens (including phenoxy) is 1. The second kappa shape index (κ2) is 3.44. The summed E-state index contributed by atoms with van der Waals surface area (Å²) in [5, 5.41) is 8.92. The molecule has 2 unspecified atom stereocenters. The first-order chi connectivity index (χ1) is 6.14. The molecule has 13 heavy (non-hydrogen) atoms. The van der Waals surface area contributed by atoms with Crippen molar-refractivity contribution < 1.29 is 9.53 Å². The Morgan fingerprint density at radius 2 is 2.31 bits per heavy atom. The van der Waals surface area contributed by atoms with Crippen LogP contribution in [0.3, 0.4) is 0 Å². The van der Waals surface area contributed by atoms with Crippen molar-refractivity contribution in [3.63, 3.8) is 0 Å². The Hall–Kier alpha value is -1.56. The lowest BCUT2D eigenvalue weighted by molar-refractivity contribution is -0.145. The summed E-state index contributed by atoms with van der Waals surface area (Å²) in [6.07, 6.45) is 6.92. The van der Waals surface area contributed by atoms with E-state index in [-0.39, 0.29) is 5.97 Å². The number of carbonyl (C=O) groups is 1. The van der Waals surface area contributed by atoms with Gasteiger partial charge in [0, 0.05) is 0 Å². The summed E-state index contributed by atoms with van der Waals surface area (Å²) in [4.78, 5) is 11.3. The van der Waals surface area contributed by atoms with Crippen LogP contribution in [0.4, 0.5) is 0 Å². The van der Waals surface area contributed by atoms with E-state index in [0.717, 1.165) is 0 Å². The highest BCUT2D eigenvalue weighted by Gasteiger charge is 2.37. The number of nitrogens with zero attached hydrogens (tertiary/aromatic N) is 1. The van der Waals surface area contributed by atoms with E-state index >= 15 is 0 Å². The average Bonchev–Trinajstić information content (AvgIpc) is 2.17. The molecule has 0 saturated carbocycles. The first-order valence-electron chi connectivity index (χ1n) is 3.99. The molecule has 1 aliphatic rings. The predicted molar refractivity (Wildman–Crippen MR) is 47.5 cm³/mol. The quantitative estimate of drug-likeness (QED) is 0.569. The summed E-state index contributed by atoms with van der Waals surface area (Å²) in [5.41, 5.74) is -0.776. The summed E-state index contributed by atoms with van der Waals surface area (Å²) in [6.45, 7) is 1.72. The van der Waals surface area contributed by atoms with Gasteiger partial charge in [0.15, 0.2) is 0 Å². The Kier molecular flexibility index (Phi) is 2.52. The number of hydrogen-bond acceptors (Lipinski definition) is 3. The maximum absolute atomic E-state index is 11.3. The average molecular weight is 177 g/mol. The van der Waals surface area contributed by atoms with Crippen molar-refractivity contribution in [3.05, 3.63) is 24.3 Å². The van der Waals surface area contributed by atoms with E-state index in [1.54, 1.807) is 31.2 Å². The summed E-state index contributed by atoms with van der Waals surface area (Å²) in [5.74, 6) is -0.864. The van der Waals surface area contributed by atoms with Crippen molar-refractivity contribution in [3.8, 4) is 6.07 Å². The zero-order valence-corrected chi connectivity index (χ0v) is 7.65. The van der Waals surface area contributed by atoms with Gasteiger partial charge in [-0.25, -0.2) is 0 Å². The van der Waals surface area contributed by atoms with Crippen molar-refractivity contribution >= 4 is 5.97 Å². The number of nitriles is 1.